The molecule has 0 heterocycles. The van der Waals surface area contributed by atoms with Gasteiger partial charge in [0.15, 0.2) is 17.7 Å². The van der Waals surface area contributed by atoms with Gasteiger partial charge >= 0.3 is 0 Å². The Kier molecular flexibility index (Phi) is 6.96. The fourth-order valence-electron chi connectivity index (χ4n) is 6.44. The topological polar surface area (TPSA) is 177 Å². The van der Waals surface area contributed by atoms with Gasteiger partial charge in [-0.15, -0.1) is 0 Å². The van der Waals surface area contributed by atoms with Gasteiger partial charge in [0.25, 0.3) is 5.91 Å². The van der Waals surface area contributed by atoms with Crippen LogP contribution < -0.4 is 15.2 Å². The number of nitrogens with zero attached hydrogens (tertiary/aromatic N) is 1. The summed E-state index contributed by atoms with van der Waals surface area (Å²) in [5.74, 6) is -6.39. The van der Waals surface area contributed by atoms with E-state index in [9.17, 15) is 34.5 Å². The van der Waals surface area contributed by atoms with Gasteiger partial charge in [0.05, 0.1) is 24.3 Å². The fourth-order valence-corrected chi connectivity index (χ4v) is 6.44. The number of methoxy groups -OCH3 is 1. The molecule has 1 fully saturated rings. The van der Waals surface area contributed by atoms with E-state index in [2.05, 4.69) is 0 Å². The minimum Gasteiger partial charge on any atom is -0.508 e. The van der Waals surface area contributed by atoms with Crippen LogP contribution in [0.3, 0.4) is 0 Å². The number of carbonyl (C=O) groups is 4. The molecule has 0 saturated heterocycles. The van der Waals surface area contributed by atoms with Crippen molar-refractivity contribution in [3.63, 3.8) is 0 Å². The Labute approximate surface area is 235 Å². The first-order chi connectivity index (χ1) is 19.5. The summed E-state index contributed by atoms with van der Waals surface area (Å²) in [7, 11) is 4.51. The second-order valence-corrected chi connectivity index (χ2v) is 10.7. The number of Topliss-reactive ketones (excluding diaryl/α,β-unsaturated/α-hetero) is 2. The number of amides is 1. The van der Waals surface area contributed by atoms with Crippen molar-refractivity contribution in [3.05, 3.63) is 75.6 Å². The predicted molar refractivity (Wildman–Crippen MR) is 145 cm³/mol. The number of primary amides is 1. The van der Waals surface area contributed by atoms with Crippen molar-refractivity contribution in [1.29, 1.82) is 0 Å². The Bertz CT molecular complexity index is 1540. The van der Waals surface area contributed by atoms with Gasteiger partial charge in [-0.05, 0) is 44.5 Å². The Balaban J connectivity index is 1.72. The molecule has 0 spiro atoms. The summed E-state index contributed by atoms with van der Waals surface area (Å²) < 4.78 is 11.6. The number of fused-ring (bicyclic) bond motifs is 3. The van der Waals surface area contributed by atoms with Gasteiger partial charge < -0.3 is 30.5 Å². The number of nitrogens with two attached hydrogens (primary N) is 1. The molecule has 4 atom stereocenters. The van der Waals surface area contributed by atoms with Crippen LogP contribution in [-0.2, 0) is 27.4 Å². The number of hydrogen-bond donors (Lipinski definition) is 4. The van der Waals surface area contributed by atoms with Gasteiger partial charge in [0.2, 0.25) is 5.78 Å². The van der Waals surface area contributed by atoms with E-state index in [1.165, 1.54) is 18.1 Å². The molecule has 2 aromatic carbocycles. The Morgan fingerprint density at radius 3 is 2.46 bits per heavy atom. The summed E-state index contributed by atoms with van der Waals surface area (Å²) in [6.07, 6.45) is 0.671. The molecule has 0 aliphatic heterocycles. The molecule has 41 heavy (non-hydrogen) atoms. The van der Waals surface area contributed by atoms with Crippen molar-refractivity contribution in [3.8, 4) is 11.5 Å². The van der Waals surface area contributed by atoms with Gasteiger partial charge in [-0.2, -0.15) is 0 Å². The Hall–Kier alpha value is -4.48. The zero-order chi connectivity index (χ0) is 29.8. The number of benzene rings is 2. The minimum atomic E-state index is -2.71. The normalized spacial score (nSPS) is 25.4. The molecule has 2 aromatic rings. The Morgan fingerprint density at radius 1 is 1.20 bits per heavy atom. The largest absolute Gasteiger partial charge is 0.508 e. The average Bonchev–Trinajstić information content (AvgIpc) is 2.93. The molecule has 1 amide bonds. The second kappa shape index (κ2) is 10.2. The molecule has 1 saturated carbocycles. The van der Waals surface area contributed by atoms with Crippen molar-refractivity contribution in [2.24, 2.45) is 17.6 Å². The first-order valence-electron chi connectivity index (χ1n) is 13.0. The molecule has 3 aliphatic rings. The molecule has 0 radical (unpaired) electrons. The number of rotatable bonds is 7. The van der Waals surface area contributed by atoms with Crippen LogP contribution in [0, 0.1) is 11.8 Å². The number of aliphatic hydroxyl groups is 3. The van der Waals surface area contributed by atoms with Gasteiger partial charge in [-0.1, -0.05) is 30.3 Å². The van der Waals surface area contributed by atoms with Gasteiger partial charge in [-0.3, -0.25) is 24.1 Å². The van der Waals surface area contributed by atoms with Crippen molar-refractivity contribution < 1.29 is 44.0 Å². The third-order valence-corrected chi connectivity index (χ3v) is 8.26. The highest BCUT2D eigenvalue weighted by molar-refractivity contribution is 6.24. The van der Waals surface area contributed by atoms with E-state index < -0.39 is 58.0 Å². The molecule has 214 valence electrons. The number of hydrogen-bond acceptors (Lipinski definition) is 10. The molecule has 0 aromatic heterocycles. The SMILES string of the molecule is COc1cc(C=O)c(OCc2ccccc2)c2c1C[C@H]1C[C@H]3[C@H](N(C)C)C(=O)C(C(N)=O)=C(O)[C@@]3(O)C(=O)C1=C2O. The van der Waals surface area contributed by atoms with E-state index in [0.717, 1.165) is 5.56 Å². The smallest absolute Gasteiger partial charge is 0.255 e. The van der Waals surface area contributed by atoms with Gasteiger partial charge in [-0.25, -0.2) is 0 Å². The van der Waals surface area contributed by atoms with Gasteiger partial charge in [0, 0.05) is 17.1 Å². The number of aliphatic hydroxyl groups excluding tert-OH is 2. The monoisotopic (exact) mass is 562 g/mol. The van der Waals surface area contributed by atoms with Crippen LogP contribution in [0.25, 0.3) is 5.76 Å². The number of carbonyl (C=O) groups excluding carboxylic acids is 4. The second-order valence-electron chi connectivity index (χ2n) is 10.7. The van der Waals surface area contributed by atoms with Crippen LogP contribution in [-0.4, -0.2) is 76.8 Å². The maximum atomic E-state index is 14.1. The van der Waals surface area contributed by atoms with Crippen molar-refractivity contribution in [2.45, 2.75) is 31.1 Å². The quantitative estimate of drug-likeness (QED) is 0.287. The van der Waals surface area contributed by atoms with Crippen molar-refractivity contribution in [2.75, 3.05) is 21.2 Å². The summed E-state index contributed by atoms with van der Waals surface area (Å²) in [5, 5.41) is 34.5. The van der Waals surface area contributed by atoms with E-state index in [4.69, 9.17) is 15.2 Å². The molecular weight excluding hydrogens is 532 g/mol. The number of likely N-dealkylation sites (N-methyl/N-ethyl adjacent to an activating group) is 1. The number of ketones is 2. The zero-order valence-corrected chi connectivity index (χ0v) is 22.7. The van der Waals surface area contributed by atoms with Crippen LogP contribution >= 0.6 is 0 Å². The lowest BCUT2D eigenvalue weighted by molar-refractivity contribution is -0.153. The highest BCUT2D eigenvalue weighted by Crippen LogP contribution is 2.54. The van der Waals surface area contributed by atoms with E-state index in [1.54, 1.807) is 14.1 Å². The lowest BCUT2D eigenvalue weighted by Crippen LogP contribution is -2.65. The van der Waals surface area contributed by atoms with Crippen LogP contribution in [0.15, 0.2) is 53.3 Å². The maximum absolute atomic E-state index is 14.1. The average molecular weight is 563 g/mol. The standard InChI is InChI=1S/C30H30N2O9/c1-32(2)23-18-10-15-9-17-19(40-3)11-16(12-33)26(41-13-14-7-5-4-6-8-14)21(17)24(34)20(15)27(36)30(18,39)28(37)22(25(23)35)29(31)38/h4-8,11-12,15,18,23,34,37,39H,9-10,13H2,1-3H3,(H2,31,38)/t15-,18-,23-,30-/m0/s1. The highest BCUT2D eigenvalue weighted by atomic mass is 16.5. The summed E-state index contributed by atoms with van der Waals surface area (Å²) >= 11 is 0. The molecule has 0 unspecified atom stereocenters. The van der Waals surface area contributed by atoms with E-state index in [-0.39, 0.29) is 47.6 Å². The molecule has 5 N–H and O–H groups in total. The molecule has 11 heteroatoms. The van der Waals surface area contributed by atoms with Gasteiger partial charge in [0.1, 0.15) is 35.2 Å². The summed E-state index contributed by atoms with van der Waals surface area (Å²) in [4.78, 5) is 53.1. The molecule has 0 bridgehead atoms. The third-order valence-electron chi connectivity index (χ3n) is 8.26. The molecule has 5 rings (SSSR count). The molecule has 3 aliphatic carbocycles. The summed E-state index contributed by atoms with van der Waals surface area (Å²) in [5.41, 5.74) is 2.99. The minimum absolute atomic E-state index is 0.00937. The van der Waals surface area contributed by atoms with Crippen LogP contribution in [0.2, 0.25) is 0 Å². The molecular formula is C30H30N2O9. The first kappa shape index (κ1) is 28.1. The molecule has 11 nitrogen and oxygen atoms in total. The van der Waals surface area contributed by atoms with E-state index in [1.807, 2.05) is 30.3 Å². The lowest BCUT2D eigenvalue weighted by atomic mass is 9.57. The van der Waals surface area contributed by atoms with Crippen LogP contribution in [0.1, 0.15) is 33.5 Å². The Morgan fingerprint density at radius 2 is 1.88 bits per heavy atom. The summed E-state index contributed by atoms with van der Waals surface area (Å²) in [6, 6.07) is 9.46. The van der Waals surface area contributed by atoms with Crippen LogP contribution in [0.4, 0.5) is 0 Å². The third kappa shape index (κ3) is 4.11. The highest BCUT2D eigenvalue weighted by Gasteiger charge is 2.64. The van der Waals surface area contributed by atoms with Crippen molar-refractivity contribution >= 4 is 29.5 Å². The maximum Gasteiger partial charge on any atom is 0.255 e. The van der Waals surface area contributed by atoms with Crippen LogP contribution in [0.5, 0.6) is 11.5 Å². The van der Waals surface area contributed by atoms with E-state index in [0.29, 0.717) is 11.8 Å². The fraction of sp³-hybridized carbons (Fsp3) is 0.333. The lowest BCUT2D eigenvalue weighted by Gasteiger charge is -2.50. The first-order valence-corrected chi connectivity index (χ1v) is 13.0. The van der Waals surface area contributed by atoms with E-state index >= 15 is 0 Å². The van der Waals surface area contributed by atoms with Crippen molar-refractivity contribution in [1.82, 2.24) is 4.90 Å². The number of aldehydes is 1. The zero-order valence-electron chi connectivity index (χ0n) is 22.7. The predicted octanol–water partition coefficient (Wildman–Crippen LogP) is 1.66. The summed E-state index contributed by atoms with van der Waals surface area (Å²) in [6.45, 7) is 0.0462. The number of ether oxygens (including phenoxy) is 2.